The number of carbonyl (C=O) groups is 1. The zero-order valence-corrected chi connectivity index (χ0v) is 10.3. The standard InChI is InChI=1S/C14H16N2O2/c15-10-12-4-6-13(7-5-12)11-18-14(17)16-8-2-1-3-9-16/h4-7H,1-3,8-9,11H2. The van der Waals surface area contributed by atoms with Gasteiger partial charge >= 0.3 is 6.09 Å². The molecule has 1 amide bonds. The zero-order chi connectivity index (χ0) is 12.8. The molecule has 1 aliphatic rings. The highest BCUT2D eigenvalue weighted by Gasteiger charge is 2.17. The van der Waals surface area contributed by atoms with Crippen molar-refractivity contribution in [3.8, 4) is 6.07 Å². The Morgan fingerprint density at radius 2 is 1.89 bits per heavy atom. The number of piperidine rings is 1. The monoisotopic (exact) mass is 244 g/mol. The SMILES string of the molecule is N#Cc1ccc(COC(=O)N2CCCCC2)cc1. The highest BCUT2D eigenvalue weighted by atomic mass is 16.6. The van der Waals surface area contributed by atoms with Crippen molar-refractivity contribution in [3.63, 3.8) is 0 Å². The number of rotatable bonds is 2. The molecule has 4 nitrogen and oxygen atoms in total. The first-order valence-electron chi connectivity index (χ1n) is 6.20. The number of hydrogen-bond donors (Lipinski definition) is 0. The molecule has 1 heterocycles. The first-order valence-corrected chi connectivity index (χ1v) is 6.20. The Kier molecular flexibility index (Phi) is 4.19. The van der Waals surface area contributed by atoms with E-state index in [2.05, 4.69) is 6.07 Å². The van der Waals surface area contributed by atoms with Gasteiger partial charge in [0.15, 0.2) is 0 Å². The van der Waals surface area contributed by atoms with Gasteiger partial charge in [0.05, 0.1) is 11.6 Å². The minimum Gasteiger partial charge on any atom is -0.445 e. The van der Waals surface area contributed by atoms with E-state index < -0.39 is 0 Å². The normalized spacial score (nSPS) is 14.9. The summed E-state index contributed by atoms with van der Waals surface area (Å²) in [5, 5.41) is 8.67. The van der Waals surface area contributed by atoms with Crippen LogP contribution in [0.5, 0.6) is 0 Å². The topological polar surface area (TPSA) is 53.3 Å². The number of benzene rings is 1. The number of carbonyl (C=O) groups excluding carboxylic acids is 1. The van der Waals surface area contributed by atoms with Gasteiger partial charge in [0.25, 0.3) is 0 Å². The van der Waals surface area contributed by atoms with Crippen LogP contribution in [0.1, 0.15) is 30.4 Å². The number of nitrogens with zero attached hydrogens (tertiary/aromatic N) is 2. The molecular formula is C14H16N2O2. The first-order chi connectivity index (χ1) is 8.79. The fourth-order valence-electron chi connectivity index (χ4n) is 1.99. The predicted octanol–water partition coefficient (Wildman–Crippen LogP) is 2.68. The summed E-state index contributed by atoms with van der Waals surface area (Å²) >= 11 is 0. The number of likely N-dealkylation sites (tertiary alicyclic amines) is 1. The van der Waals surface area contributed by atoms with Crippen LogP contribution in [0.25, 0.3) is 0 Å². The quantitative estimate of drug-likeness (QED) is 0.803. The summed E-state index contributed by atoms with van der Waals surface area (Å²) in [6.45, 7) is 1.86. The van der Waals surface area contributed by atoms with E-state index in [9.17, 15) is 4.79 Å². The zero-order valence-electron chi connectivity index (χ0n) is 10.3. The third kappa shape index (κ3) is 3.24. The fourth-order valence-corrected chi connectivity index (χ4v) is 1.99. The van der Waals surface area contributed by atoms with Crippen LogP contribution in [-0.4, -0.2) is 24.1 Å². The minimum absolute atomic E-state index is 0.237. The van der Waals surface area contributed by atoms with Gasteiger partial charge in [-0.3, -0.25) is 0 Å². The molecule has 0 N–H and O–H groups in total. The summed E-state index contributed by atoms with van der Waals surface area (Å²) in [7, 11) is 0. The summed E-state index contributed by atoms with van der Waals surface area (Å²) in [6, 6.07) is 9.12. The number of ether oxygens (including phenoxy) is 1. The van der Waals surface area contributed by atoms with Crippen LogP contribution < -0.4 is 0 Å². The van der Waals surface area contributed by atoms with E-state index in [0.717, 1.165) is 31.5 Å². The molecule has 0 unspecified atom stereocenters. The average molecular weight is 244 g/mol. The first kappa shape index (κ1) is 12.4. The Morgan fingerprint density at radius 1 is 1.22 bits per heavy atom. The third-order valence-corrected chi connectivity index (χ3v) is 3.06. The lowest BCUT2D eigenvalue weighted by Crippen LogP contribution is -2.35. The Balaban J connectivity index is 1.83. The molecule has 1 saturated heterocycles. The Hall–Kier alpha value is -2.02. The molecule has 94 valence electrons. The summed E-state index contributed by atoms with van der Waals surface area (Å²) < 4.78 is 5.25. The van der Waals surface area contributed by atoms with Gasteiger partial charge < -0.3 is 9.64 Å². The second kappa shape index (κ2) is 6.06. The van der Waals surface area contributed by atoms with E-state index in [1.165, 1.54) is 6.42 Å². The van der Waals surface area contributed by atoms with Crippen LogP contribution >= 0.6 is 0 Å². The molecule has 2 rings (SSSR count). The van der Waals surface area contributed by atoms with Gasteiger partial charge in [-0.15, -0.1) is 0 Å². The lowest BCUT2D eigenvalue weighted by atomic mass is 10.1. The Morgan fingerprint density at radius 3 is 2.50 bits per heavy atom. The van der Waals surface area contributed by atoms with Crippen molar-refractivity contribution in [1.82, 2.24) is 4.90 Å². The predicted molar refractivity (Wildman–Crippen MR) is 66.8 cm³/mol. The molecular weight excluding hydrogens is 228 g/mol. The Labute approximate surface area is 107 Å². The van der Waals surface area contributed by atoms with Crippen LogP contribution in [-0.2, 0) is 11.3 Å². The van der Waals surface area contributed by atoms with E-state index in [1.807, 2.05) is 12.1 Å². The van der Waals surface area contributed by atoms with Crippen LogP contribution in [0, 0.1) is 11.3 Å². The maximum atomic E-state index is 11.7. The fraction of sp³-hybridized carbons (Fsp3) is 0.429. The van der Waals surface area contributed by atoms with Gasteiger partial charge in [0, 0.05) is 13.1 Å². The van der Waals surface area contributed by atoms with Crippen molar-refractivity contribution in [2.75, 3.05) is 13.1 Å². The van der Waals surface area contributed by atoms with Crippen molar-refractivity contribution >= 4 is 6.09 Å². The molecule has 4 heteroatoms. The largest absolute Gasteiger partial charge is 0.445 e. The number of hydrogen-bond acceptors (Lipinski definition) is 3. The maximum absolute atomic E-state index is 11.7. The smallest absolute Gasteiger partial charge is 0.410 e. The summed E-state index contributed by atoms with van der Waals surface area (Å²) in [4.78, 5) is 13.5. The molecule has 1 aromatic rings. The lowest BCUT2D eigenvalue weighted by Gasteiger charge is -2.25. The number of amides is 1. The van der Waals surface area contributed by atoms with E-state index in [1.54, 1.807) is 17.0 Å². The summed E-state index contributed by atoms with van der Waals surface area (Å²) in [5.41, 5.74) is 1.51. The molecule has 0 radical (unpaired) electrons. The molecule has 0 spiro atoms. The van der Waals surface area contributed by atoms with Gasteiger partial charge in [0.2, 0.25) is 0 Å². The molecule has 0 saturated carbocycles. The van der Waals surface area contributed by atoms with Gasteiger partial charge in [-0.05, 0) is 37.0 Å². The van der Waals surface area contributed by atoms with Gasteiger partial charge in [-0.1, -0.05) is 12.1 Å². The molecule has 0 atom stereocenters. The second-order valence-corrected chi connectivity index (χ2v) is 4.41. The lowest BCUT2D eigenvalue weighted by molar-refractivity contribution is 0.0894. The van der Waals surface area contributed by atoms with E-state index in [-0.39, 0.29) is 12.7 Å². The van der Waals surface area contributed by atoms with E-state index >= 15 is 0 Å². The summed E-state index contributed by atoms with van der Waals surface area (Å²) in [5.74, 6) is 0. The van der Waals surface area contributed by atoms with E-state index in [0.29, 0.717) is 5.56 Å². The summed E-state index contributed by atoms with van der Waals surface area (Å²) in [6.07, 6.45) is 3.08. The van der Waals surface area contributed by atoms with Crippen molar-refractivity contribution < 1.29 is 9.53 Å². The molecule has 0 aromatic heterocycles. The molecule has 18 heavy (non-hydrogen) atoms. The molecule has 1 aliphatic heterocycles. The van der Waals surface area contributed by atoms with Crippen molar-refractivity contribution in [2.45, 2.75) is 25.9 Å². The molecule has 1 aromatic carbocycles. The van der Waals surface area contributed by atoms with Gasteiger partial charge in [-0.2, -0.15) is 5.26 Å². The van der Waals surface area contributed by atoms with Crippen molar-refractivity contribution in [2.24, 2.45) is 0 Å². The van der Waals surface area contributed by atoms with Crippen molar-refractivity contribution in [1.29, 1.82) is 5.26 Å². The third-order valence-electron chi connectivity index (χ3n) is 3.06. The van der Waals surface area contributed by atoms with Crippen molar-refractivity contribution in [3.05, 3.63) is 35.4 Å². The number of nitriles is 1. The van der Waals surface area contributed by atoms with Gasteiger partial charge in [-0.25, -0.2) is 4.79 Å². The second-order valence-electron chi connectivity index (χ2n) is 4.41. The van der Waals surface area contributed by atoms with Crippen LogP contribution in [0.3, 0.4) is 0 Å². The highest BCUT2D eigenvalue weighted by molar-refractivity contribution is 5.67. The van der Waals surface area contributed by atoms with Crippen LogP contribution in [0.2, 0.25) is 0 Å². The van der Waals surface area contributed by atoms with Gasteiger partial charge in [0.1, 0.15) is 6.61 Å². The Bertz CT molecular complexity index is 442. The van der Waals surface area contributed by atoms with E-state index in [4.69, 9.17) is 10.00 Å². The average Bonchev–Trinajstić information content (AvgIpc) is 2.46. The maximum Gasteiger partial charge on any atom is 0.410 e. The molecule has 1 fully saturated rings. The minimum atomic E-state index is -0.237. The molecule has 0 aliphatic carbocycles. The van der Waals surface area contributed by atoms with Crippen LogP contribution in [0.4, 0.5) is 4.79 Å². The highest BCUT2D eigenvalue weighted by Crippen LogP contribution is 2.11. The molecule has 0 bridgehead atoms. The van der Waals surface area contributed by atoms with Crippen LogP contribution in [0.15, 0.2) is 24.3 Å².